The molecule has 0 radical (unpaired) electrons. The first-order valence-corrected chi connectivity index (χ1v) is 27.6. The van der Waals surface area contributed by atoms with Crippen molar-refractivity contribution in [3.05, 3.63) is 97.2 Å². The summed E-state index contributed by atoms with van der Waals surface area (Å²) in [7, 11) is -4.76. The lowest BCUT2D eigenvalue weighted by molar-refractivity contribution is -0.161. The molecule has 68 heavy (non-hydrogen) atoms. The molecule has 2 N–H and O–H groups in total. The van der Waals surface area contributed by atoms with Gasteiger partial charge < -0.3 is 24.2 Å². The first-order valence-electron chi connectivity index (χ1n) is 26.1. The maximum Gasteiger partial charge on any atom is 0.472 e. The summed E-state index contributed by atoms with van der Waals surface area (Å²) in [6.07, 6.45) is 56.7. The second-order valence-electron chi connectivity index (χ2n) is 16.9. The Morgan fingerprint density at radius 1 is 0.426 bits per heavy atom. The normalized spacial score (nSPS) is 14.2. The fourth-order valence-electron chi connectivity index (χ4n) is 6.47. The van der Waals surface area contributed by atoms with Gasteiger partial charge in [-0.15, -0.1) is 0 Å². The Morgan fingerprint density at radius 3 is 1.29 bits per heavy atom. The van der Waals surface area contributed by atoms with Gasteiger partial charge in [-0.25, -0.2) is 4.57 Å². The van der Waals surface area contributed by atoms with E-state index in [0.717, 1.165) is 122 Å². The highest BCUT2D eigenvalue weighted by Crippen LogP contribution is 2.43. The molecule has 0 saturated heterocycles. The molecule has 0 aromatic heterocycles. The number of carbonyl (C=O) groups excluding carboxylic acids is 3. The van der Waals surface area contributed by atoms with Crippen molar-refractivity contribution < 1.29 is 52.2 Å². The smallest absolute Gasteiger partial charge is 0.462 e. The van der Waals surface area contributed by atoms with Crippen LogP contribution < -0.4 is 0 Å². The number of aliphatic hydroxyl groups excluding tert-OH is 1. The minimum atomic E-state index is -4.76. The second kappa shape index (κ2) is 49.8. The molecule has 3 unspecified atom stereocenters. The van der Waals surface area contributed by atoms with E-state index in [1.807, 2.05) is 6.08 Å². The van der Waals surface area contributed by atoms with Crippen LogP contribution in [0.25, 0.3) is 0 Å². The van der Waals surface area contributed by atoms with Crippen LogP contribution in [0.3, 0.4) is 0 Å². The Morgan fingerprint density at radius 2 is 0.809 bits per heavy atom. The van der Waals surface area contributed by atoms with Gasteiger partial charge in [0.15, 0.2) is 6.10 Å². The standard InChI is InChI=1S/C56H93O11P/c1-4-7-10-13-16-19-22-24-25-26-27-29-31-33-36-39-42-45-54(58)63-49-53(67-56(60)47-44-41-38-35-32-28-23-20-17-14-11-8-5-2)51-65-68(61,62)64-50-52(48-57)66-55(59)46-43-40-37-34-30-21-18-15-12-9-6-3/h7,10-11,14-16,18-20,23-25,27,29,33,36,52-53,57H,4-6,8-9,12-13,17,21-22,26,28,30-32,34-35,37-51H2,1-3H3,(H,61,62)/b10-7-,14-11-,18-15-,19-16-,23-20-,25-24-,29-27-,36-33-. The van der Waals surface area contributed by atoms with Gasteiger partial charge in [0, 0.05) is 19.3 Å². The molecule has 0 heterocycles. The van der Waals surface area contributed by atoms with Crippen LogP contribution in [-0.4, -0.2) is 66.5 Å². The van der Waals surface area contributed by atoms with Crippen molar-refractivity contribution in [2.45, 2.75) is 213 Å². The van der Waals surface area contributed by atoms with Gasteiger partial charge in [-0.1, -0.05) is 176 Å². The average Bonchev–Trinajstić information content (AvgIpc) is 3.32. The predicted octanol–water partition coefficient (Wildman–Crippen LogP) is 14.9. The molecule has 12 heteroatoms. The maximum absolute atomic E-state index is 12.8. The third kappa shape index (κ3) is 47.5. The van der Waals surface area contributed by atoms with Crippen LogP contribution in [0.1, 0.15) is 201 Å². The summed E-state index contributed by atoms with van der Waals surface area (Å²) in [5.41, 5.74) is 0. The van der Waals surface area contributed by atoms with Crippen molar-refractivity contribution >= 4 is 25.7 Å². The average molecular weight is 973 g/mol. The Bertz CT molecular complexity index is 1510. The number of unbranched alkanes of at least 4 members (excludes halogenated alkanes) is 14. The monoisotopic (exact) mass is 973 g/mol. The van der Waals surface area contributed by atoms with Crippen LogP contribution in [0.2, 0.25) is 0 Å². The molecule has 0 aromatic rings. The fraction of sp³-hybridized carbons (Fsp3) is 0.661. The topological polar surface area (TPSA) is 155 Å². The van der Waals surface area contributed by atoms with Crippen LogP contribution in [0.4, 0.5) is 0 Å². The lowest BCUT2D eigenvalue weighted by atomic mass is 10.1. The summed E-state index contributed by atoms with van der Waals surface area (Å²) in [6.45, 7) is 4.30. The van der Waals surface area contributed by atoms with Gasteiger partial charge in [-0.05, 0) is 103 Å². The van der Waals surface area contributed by atoms with Crippen molar-refractivity contribution in [3.8, 4) is 0 Å². The van der Waals surface area contributed by atoms with Crippen LogP contribution in [-0.2, 0) is 42.2 Å². The van der Waals surface area contributed by atoms with Gasteiger partial charge in [0.25, 0.3) is 0 Å². The van der Waals surface area contributed by atoms with E-state index in [9.17, 15) is 28.9 Å². The molecule has 0 amide bonds. The summed E-state index contributed by atoms with van der Waals surface area (Å²) in [6, 6.07) is 0. The molecule has 0 aliphatic rings. The summed E-state index contributed by atoms with van der Waals surface area (Å²) in [4.78, 5) is 48.3. The minimum Gasteiger partial charge on any atom is -0.462 e. The number of allylic oxidation sites excluding steroid dienone is 16. The van der Waals surface area contributed by atoms with Crippen molar-refractivity contribution in [1.29, 1.82) is 0 Å². The lowest BCUT2D eigenvalue weighted by Crippen LogP contribution is -2.30. The molecule has 0 aliphatic carbocycles. The number of phosphoric acid groups is 1. The van der Waals surface area contributed by atoms with E-state index in [2.05, 4.69) is 112 Å². The third-order valence-corrected chi connectivity index (χ3v) is 11.4. The molecule has 0 aliphatic heterocycles. The summed E-state index contributed by atoms with van der Waals surface area (Å²) >= 11 is 0. The van der Waals surface area contributed by atoms with Gasteiger partial charge in [-0.2, -0.15) is 0 Å². The highest BCUT2D eigenvalue weighted by molar-refractivity contribution is 7.47. The van der Waals surface area contributed by atoms with E-state index in [1.165, 1.54) is 12.8 Å². The van der Waals surface area contributed by atoms with Crippen molar-refractivity contribution in [3.63, 3.8) is 0 Å². The fourth-order valence-corrected chi connectivity index (χ4v) is 7.25. The number of ether oxygens (including phenoxy) is 3. The van der Waals surface area contributed by atoms with E-state index in [0.29, 0.717) is 25.7 Å². The number of hydrogen-bond donors (Lipinski definition) is 2. The van der Waals surface area contributed by atoms with Crippen LogP contribution >= 0.6 is 7.82 Å². The first-order chi connectivity index (χ1) is 33.2. The Balaban J connectivity index is 4.86. The number of carbonyl (C=O) groups is 3. The molecule has 0 saturated carbocycles. The molecular formula is C56H93O11P. The largest absolute Gasteiger partial charge is 0.472 e. The van der Waals surface area contributed by atoms with E-state index < -0.39 is 57.8 Å². The molecule has 0 spiro atoms. The van der Waals surface area contributed by atoms with Gasteiger partial charge in [0.1, 0.15) is 12.7 Å². The third-order valence-electron chi connectivity index (χ3n) is 10.4. The van der Waals surface area contributed by atoms with Crippen LogP contribution in [0.15, 0.2) is 97.2 Å². The predicted molar refractivity (Wildman–Crippen MR) is 279 cm³/mol. The molecule has 0 fully saturated rings. The van der Waals surface area contributed by atoms with E-state index >= 15 is 0 Å². The van der Waals surface area contributed by atoms with Gasteiger partial charge in [0.2, 0.25) is 0 Å². The van der Waals surface area contributed by atoms with Gasteiger partial charge >= 0.3 is 25.7 Å². The maximum atomic E-state index is 12.8. The number of rotatable bonds is 47. The first kappa shape index (κ1) is 64.4. The summed E-state index contributed by atoms with van der Waals surface area (Å²) in [5.74, 6) is -1.57. The molecule has 11 nitrogen and oxygen atoms in total. The number of phosphoric ester groups is 1. The SMILES string of the molecule is CC/C=C\C/C=C\C/C=C\C/C=C\C/C=C\CCCC(=O)OCC(COP(=O)(O)OCC(CO)OC(=O)CCCCCCC/C=C\CCCC)OC(=O)CCCCCCC/C=C\C/C=C\CCC. The molecule has 388 valence electrons. The number of hydrogen-bond acceptors (Lipinski definition) is 10. The Hall–Kier alpha value is -3.60. The summed E-state index contributed by atoms with van der Waals surface area (Å²) < 4.78 is 39.3. The van der Waals surface area contributed by atoms with Crippen molar-refractivity contribution in [1.82, 2.24) is 0 Å². The highest BCUT2D eigenvalue weighted by atomic mass is 31.2. The highest BCUT2D eigenvalue weighted by Gasteiger charge is 2.28. The van der Waals surface area contributed by atoms with Gasteiger partial charge in [0.05, 0.1) is 19.8 Å². The Labute approximate surface area is 412 Å². The number of aliphatic hydroxyl groups is 1. The minimum absolute atomic E-state index is 0.134. The van der Waals surface area contributed by atoms with E-state index in [1.54, 1.807) is 0 Å². The zero-order valence-corrected chi connectivity index (χ0v) is 43.4. The number of esters is 3. The van der Waals surface area contributed by atoms with Crippen LogP contribution in [0.5, 0.6) is 0 Å². The molecule has 0 aromatic carbocycles. The quantitative estimate of drug-likeness (QED) is 0.0197. The zero-order valence-electron chi connectivity index (χ0n) is 42.5. The van der Waals surface area contributed by atoms with Crippen LogP contribution in [0, 0.1) is 0 Å². The van der Waals surface area contributed by atoms with E-state index in [4.69, 9.17) is 23.3 Å². The van der Waals surface area contributed by atoms with Gasteiger partial charge in [-0.3, -0.25) is 23.4 Å². The molecule has 0 rings (SSSR count). The molecule has 3 atom stereocenters. The lowest BCUT2D eigenvalue weighted by Gasteiger charge is -2.21. The van der Waals surface area contributed by atoms with Crippen molar-refractivity contribution in [2.24, 2.45) is 0 Å². The zero-order chi connectivity index (χ0) is 49.9. The molecule has 0 bridgehead atoms. The molecular weight excluding hydrogens is 880 g/mol. The second-order valence-corrected chi connectivity index (χ2v) is 18.4. The summed E-state index contributed by atoms with van der Waals surface area (Å²) in [5, 5.41) is 9.76. The van der Waals surface area contributed by atoms with E-state index in [-0.39, 0.29) is 25.9 Å². The Kier molecular flexibility index (Phi) is 47.2. The van der Waals surface area contributed by atoms with Crippen molar-refractivity contribution in [2.75, 3.05) is 26.4 Å².